The second-order valence-corrected chi connectivity index (χ2v) is 7.40. The van der Waals surface area contributed by atoms with Crippen LogP contribution in [0, 0.1) is 12.8 Å². The van der Waals surface area contributed by atoms with Crippen LogP contribution in [0.3, 0.4) is 0 Å². The Morgan fingerprint density at radius 1 is 1.33 bits per heavy atom. The summed E-state index contributed by atoms with van der Waals surface area (Å²) in [7, 11) is 3.78. The van der Waals surface area contributed by atoms with Gasteiger partial charge in [0, 0.05) is 25.7 Å². The Bertz CT molecular complexity index is 961. The van der Waals surface area contributed by atoms with Crippen LogP contribution in [0.1, 0.15) is 35.8 Å². The quantitative estimate of drug-likeness (QED) is 0.754. The molecule has 1 aliphatic carbocycles. The topological polar surface area (TPSA) is 63.1 Å². The first kappa shape index (κ1) is 17.5. The summed E-state index contributed by atoms with van der Waals surface area (Å²) in [6.45, 7) is 2.47. The Balaban J connectivity index is 1.50. The fraction of sp³-hybridized carbons (Fsp3) is 0.381. The van der Waals surface area contributed by atoms with Crippen molar-refractivity contribution in [2.75, 3.05) is 7.05 Å². The maximum Gasteiger partial charge on any atom is 0.318 e. The van der Waals surface area contributed by atoms with E-state index in [0.29, 0.717) is 12.5 Å². The molecule has 2 amide bonds. The number of pyridine rings is 1. The molecule has 2 aromatic heterocycles. The molecule has 1 fully saturated rings. The Labute approximate surface area is 159 Å². The molecule has 1 aromatic carbocycles. The SMILES string of the molecule is Cc1ccc2c(c1)c(CNC(=O)N(C)[C@H](c1ccccn1)C1CC1)nn2C. The summed E-state index contributed by atoms with van der Waals surface area (Å²) in [5, 5.41) is 8.71. The number of carbonyl (C=O) groups excluding carboxylic acids is 1. The van der Waals surface area contributed by atoms with Crippen LogP contribution in [0.4, 0.5) is 4.79 Å². The Morgan fingerprint density at radius 2 is 2.15 bits per heavy atom. The number of nitrogens with one attached hydrogen (secondary N) is 1. The Kier molecular flexibility index (Phi) is 4.56. The zero-order valence-electron chi connectivity index (χ0n) is 16.0. The minimum Gasteiger partial charge on any atom is -0.332 e. The Hall–Kier alpha value is -2.89. The molecule has 0 unspecified atom stereocenters. The Morgan fingerprint density at radius 3 is 2.85 bits per heavy atom. The number of hydrogen-bond donors (Lipinski definition) is 1. The number of aryl methyl sites for hydroxylation is 2. The molecule has 2 heterocycles. The number of benzene rings is 1. The zero-order chi connectivity index (χ0) is 19.0. The normalized spacial score (nSPS) is 14.9. The predicted octanol–water partition coefficient (Wildman–Crippen LogP) is 3.57. The van der Waals surface area contributed by atoms with Crippen molar-refractivity contribution in [3.8, 4) is 0 Å². The zero-order valence-corrected chi connectivity index (χ0v) is 16.0. The first-order chi connectivity index (χ1) is 13.0. The number of amides is 2. The highest BCUT2D eigenvalue weighted by molar-refractivity contribution is 5.83. The van der Waals surface area contributed by atoms with Crippen LogP contribution in [-0.2, 0) is 13.6 Å². The number of hydrogen-bond acceptors (Lipinski definition) is 3. The highest BCUT2D eigenvalue weighted by atomic mass is 16.2. The summed E-state index contributed by atoms with van der Waals surface area (Å²) in [6.07, 6.45) is 4.07. The minimum absolute atomic E-state index is 0.0221. The lowest BCUT2D eigenvalue weighted by Gasteiger charge is -2.28. The second-order valence-electron chi connectivity index (χ2n) is 7.40. The number of aromatic nitrogens is 3. The van der Waals surface area contributed by atoms with Gasteiger partial charge in [0.25, 0.3) is 0 Å². The van der Waals surface area contributed by atoms with Crippen LogP contribution in [0.2, 0.25) is 0 Å². The molecular formula is C21H25N5O. The molecule has 1 N–H and O–H groups in total. The van der Waals surface area contributed by atoms with E-state index in [2.05, 4.69) is 40.5 Å². The van der Waals surface area contributed by atoms with Gasteiger partial charge in [0.05, 0.1) is 29.5 Å². The van der Waals surface area contributed by atoms with Crippen molar-refractivity contribution in [2.24, 2.45) is 13.0 Å². The van der Waals surface area contributed by atoms with Gasteiger partial charge in [-0.25, -0.2) is 4.79 Å². The van der Waals surface area contributed by atoms with Crippen molar-refractivity contribution >= 4 is 16.9 Å². The van der Waals surface area contributed by atoms with Gasteiger partial charge in [-0.05, 0) is 49.9 Å². The lowest BCUT2D eigenvalue weighted by atomic mass is 10.1. The molecule has 6 nitrogen and oxygen atoms in total. The molecule has 4 rings (SSSR count). The van der Waals surface area contributed by atoms with Crippen molar-refractivity contribution in [3.63, 3.8) is 0 Å². The van der Waals surface area contributed by atoms with E-state index in [4.69, 9.17) is 0 Å². The first-order valence-electron chi connectivity index (χ1n) is 9.38. The van der Waals surface area contributed by atoms with Gasteiger partial charge in [-0.3, -0.25) is 9.67 Å². The van der Waals surface area contributed by atoms with Gasteiger partial charge in [-0.1, -0.05) is 17.7 Å². The molecule has 0 spiro atoms. The first-order valence-corrected chi connectivity index (χ1v) is 9.38. The smallest absolute Gasteiger partial charge is 0.318 e. The van der Waals surface area contributed by atoms with Crippen LogP contribution in [0.15, 0.2) is 42.6 Å². The highest BCUT2D eigenvalue weighted by Crippen LogP contribution is 2.43. The van der Waals surface area contributed by atoms with Crippen molar-refractivity contribution < 1.29 is 4.79 Å². The summed E-state index contributed by atoms with van der Waals surface area (Å²) < 4.78 is 1.86. The van der Waals surface area contributed by atoms with Gasteiger partial charge in [0.1, 0.15) is 0 Å². The van der Waals surface area contributed by atoms with Gasteiger partial charge >= 0.3 is 6.03 Å². The number of rotatable bonds is 5. The molecule has 3 aromatic rings. The summed E-state index contributed by atoms with van der Waals surface area (Å²) in [6, 6.07) is 12.1. The minimum atomic E-state index is -0.0935. The average molecular weight is 363 g/mol. The monoisotopic (exact) mass is 363 g/mol. The maximum atomic E-state index is 12.8. The second kappa shape index (κ2) is 7.02. The fourth-order valence-electron chi connectivity index (χ4n) is 3.71. The molecule has 27 heavy (non-hydrogen) atoms. The summed E-state index contributed by atoms with van der Waals surface area (Å²) >= 11 is 0. The van der Waals surface area contributed by atoms with Crippen LogP contribution in [-0.4, -0.2) is 32.7 Å². The lowest BCUT2D eigenvalue weighted by molar-refractivity contribution is 0.181. The molecule has 0 aliphatic heterocycles. The number of carbonyl (C=O) groups is 1. The van der Waals surface area contributed by atoms with E-state index in [1.165, 1.54) is 5.56 Å². The van der Waals surface area contributed by atoms with E-state index < -0.39 is 0 Å². The lowest BCUT2D eigenvalue weighted by Crippen LogP contribution is -2.40. The van der Waals surface area contributed by atoms with Crippen LogP contribution in [0.25, 0.3) is 10.9 Å². The summed E-state index contributed by atoms with van der Waals surface area (Å²) in [4.78, 5) is 19.1. The highest BCUT2D eigenvalue weighted by Gasteiger charge is 2.37. The molecule has 0 radical (unpaired) electrons. The van der Waals surface area contributed by atoms with Gasteiger partial charge < -0.3 is 10.2 Å². The molecule has 0 saturated heterocycles. The molecule has 1 aliphatic rings. The fourth-order valence-corrected chi connectivity index (χ4v) is 3.71. The van der Waals surface area contributed by atoms with Crippen LogP contribution >= 0.6 is 0 Å². The number of urea groups is 1. The van der Waals surface area contributed by atoms with Gasteiger partial charge in [-0.15, -0.1) is 0 Å². The van der Waals surface area contributed by atoms with Crippen LogP contribution < -0.4 is 5.32 Å². The standard InChI is InChI=1S/C21H25N5O/c1-14-7-10-19-16(12-14)18(24-26(19)3)13-23-21(27)25(2)20(15-8-9-15)17-6-4-5-11-22-17/h4-7,10-12,15,20H,8-9,13H2,1-3H3,(H,23,27)/t20-/m0/s1. The molecule has 0 bridgehead atoms. The summed E-state index contributed by atoms with van der Waals surface area (Å²) in [5.41, 5.74) is 4.10. The van der Waals surface area contributed by atoms with Gasteiger partial charge in [0.15, 0.2) is 0 Å². The third-order valence-electron chi connectivity index (χ3n) is 5.29. The van der Waals surface area contributed by atoms with E-state index >= 15 is 0 Å². The number of nitrogens with zero attached hydrogens (tertiary/aromatic N) is 4. The van der Waals surface area contributed by atoms with E-state index in [0.717, 1.165) is 35.1 Å². The molecule has 1 atom stereocenters. The van der Waals surface area contributed by atoms with Crippen LogP contribution in [0.5, 0.6) is 0 Å². The van der Waals surface area contributed by atoms with Gasteiger partial charge in [-0.2, -0.15) is 5.10 Å². The van der Waals surface area contributed by atoms with Crippen molar-refractivity contribution in [1.82, 2.24) is 25.0 Å². The molecule has 1 saturated carbocycles. The van der Waals surface area contributed by atoms with E-state index in [9.17, 15) is 4.79 Å². The number of fused-ring (bicyclic) bond motifs is 1. The van der Waals surface area contributed by atoms with Crippen molar-refractivity contribution in [2.45, 2.75) is 32.4 Å². The summed E-state index contributed by atoms with van der Waals surface area (Å²) in [5.74, 6) is 0.494. The third-order valence-corrected chi connectivity index (χ3v) is 5.29. The third kappa shape index (κ3) is 3.52. The van der Waals surface area contributed by atoms with E-state index in [1.807, 2.05) is 37.0 Å². The van der Waals surface area contributed by atoms with Crippen molar-refractivity contribution in [1.29, 1.82) is 0 Å². The van der Waals surface area contributed by atoms with E-state index in [-0.39, 0.29) is 12.1 Å². The van der Waals surface area contributed by atoms with Crippen molar-refractivity contribution in [3.05, 3.63) is 59.5 Å². The maximum absolute atomic E-state index is 12.8. The van der Waals surface area contributed by atoms with Gasteiger partial charge in [0.2, 0.25) is 0 Å². The largest absolute Gasteiger partial charge is 0.332 e. The predicted molar refractivity (Wildman–Crippen MR) is 105 cm³/mol. The molecular weight excluding hydrogens is 338 g/mol. The van der Waals surface area contributed by atoms with E-state index in [1.54, 1.807) is 11.1 Å². The molecule has 6 heteroatoms. The average Bonchev–Trinajstić information content (AvgIpc) is 3.45. The molecule has 140 valence electrons.